The number of carbonyl (C=O) groups is 1. The van der Waals surface area contributed by atoms with Crippen LogP contribution in [0.5, 0.6) is 0 Å². The second kappa shape index (κ2) is 9.67. The fourth-order valence-corrected chi connectivity index (χ4v) is 6.41. The molecule has 0 bridgehead atoms. The van der Waals surface area contributed by atoms with Crippen molar-refractivity contribution in [2.45, 2.75) is 83.3 Å². The number of thioether (sulfide) groups is 1. The minimum absolute atomic E-state index is 0.0476. The Morgan fingerprint density at radius 1 is 1.25 bits per heavy atom. The Labute approximate surface area is 216 Å². The highest BCUT2D eigenvalue weighted by Gasteiger charge is 2.46. The molecule has 0 spiro atoms. The lowest BCUT2D eigenvalue weighted by atomic mass is 9.99. The number of hydrogen-bond donors (Lipinski definition) is 0. The number of amides is 1. The molecular weight excluding hydrogens is 474 g/mol. The fourth-order valence-electron chi connectivity index (χ4n) is 5.28. The smallest absolute Gasteiger partial charge is 0.265 e. The van der Waals surface area contributed by atoms with Gasteiger partial charge in [-0.2, -0.15) is 5.10 Å². The summed E-state index contributed by atoms with van der Waals surface area (Å²) in [7, 11) is 0. The molecular formula is C27H35N5O3S. The summed E-state index contributed by atoms with van der Waals surface area (Å²) < 4.78 is 9.62. The van der Waals surface area contributed by atoms with Crippen LogP contribution in [-0.4, -0.2) is 54.3 Å². The molecule has 0 saturated carbocycles. The van der Waals surface area contributed by atoms with Crippen LogP contribution in [0, 0.1) is 12.8 Å². The summed E-state index contributed by atoms with van der Waals surface area (Å²) in [5.41, 5.74) is 1.83. The number of benzene rings is 1. The first-order valence-corrected chi connectivity index (χ1v) is 13.9. The first-order valence-electron chi connectivity index (χ1n) is 12.9. The van der Waals surface area contributed by atoms with E-state index in [1.165, 1.54) is 11.8 Å². The quantitative estimate of drug-likeness (QED) is 0.429. The molecule has 2 aliphatic heterocycles. The zero-order chi connectivity index (χ0) is 25.6. The first kappa shape index (κ1) is 25.0. The molecule has 192 valence electrons. The molecule has 3 atom stereocenters. The zero-order valence-corrected chi connectivity index (χ0v) is 22.5. The minimum Gasteiger partial charge on any atom is -0.354 e. The van der Waals surface area contributed by atoms with Crippen LogP contribution in [0.3, 0.4) is 0 Å². The van der Waals surface area contributed by atoms with Gasteiger partial charge in [0.25, 0.3) is 5.56 Å². The van der Waals surface area contributed by atoms with Crippen molar-refractivity contribution in [1.82, 2.24) is 24.2 Å². The van der Waals surface area contributed by atoms with Crippen molar-refractivity contribution in [3.63, 3.8) is 0 Å². The molecule has 1 fully saturated rings. The lowest BCUT2D eigenvalue weighted by Gasteiger charge is -2.37. The van der Waals surface area contributed by atoms with Gasteiger partial charge in [0.05, 0.1) is 30.6 Å². The van der Waals surface area contributed by atoms with Crippen LogP contribution >= 0.6 is 11.8 Å². The highest BCUT2D eigenvalue weighted by molar-refractivity contribution is 7.99. The van der Waals surface area contributed by atoms with Gasteiger partial charge in [-0.3, -0.25) is 14.2 Å². The number of carbonyl (C=O) groups excluding carboxylic acids is 1. The van der Waals surface area contributed by atoms with Crippen LogP contribution in [0.1, 0.15) is 65.0 Å². The summed E-state index contributed by atoms with van der Waals surface area (Å²) in [6, 6.07) is 7.80. The molecule has 1 amide bonds. The molecule has 0 radical (unpaired) electrons. The molecule has 36 heavy (non-hydrogen) atoms. The van der Waals surface area contributed by atoms with Crippen molar-refractivity contribution in [2.75, 3.05) is 12.4 Å². The van der Waals surface area contributed by atoms with E-state index >= 15 is 0 Å². The third-order valence-corrected chi connectivity index (χ3v) is 8.54. The van der Waals surface area contributed by atoms with Crippen molar-refractivity contribution in [3.05, 3.63) is 46.4 Å². The van der Waals surface area contributed by atoms with E-state index in [-0.39, 0.29) is 30.0 Å². The van der Waals surface area contributed by atoms with Crippen LogP contribution in [0.4, 0.5) is 0 Å². The zero-order valence-electron chi connectivity index (χ0n) is 21.7. The van der Waals surface area contributed by atoms with Crippen LogP contribution in [0.15, 0.2) is 40.4 Å². The molecule has 1 aromatic carbocycles. The third kappa shape index (κ3) is 4.36. The van der Waals surface area contributed by atoms with Gasteiger partial charge in [0.1, 0.15) is 11.1 Å². The van der Waals surface area contributed by atoms with E-state index in [1.54, 1.807) is 15.4 Å². The molecule has 2 aromatic heterocycles. The average molecular weight is 510 g/mol. The van der Waals surface area contributed by atoms with Crippen LogP contribution in [0.2, 0.25) is 0 Å². The topological polar surface area (TPSA) is 82.2 Å². The lowest BCUT2D eigenvalue weighted by Crippen LogP contribution is -2.50. The van der Waals surface area contributed by atoms with Crippen molar-refractivity contribution in [3.8, 4) is 5.69 Å². The predicted molar refractivity (Wildman–Crippen MR) is 142 cm³/mol. The van der Waals surface area contributed by atoms with Gasteiger partial charge in [-0.25, -0.2) is 9.67 Å². The van der Waals surface area contributed by atoms with E-state index < -0.39 is 5.72 Å². The van der Waals surface area contributed by atoms with Crippen molar-refractivity contribution in [2.24, 2.45) is 5.92 Å². The van der Waals surface area contributed by atoms with Crippen LogP contribution < -0.4 is 5.56 Å². The van der Waals surface area contributed by atoms with Gasteiger partial charge in [-0.1, -0.05) is 50.2 Å². The molecule has 2 aliphatic rings. The molecule has 3 aromatic rings. The van der Waals surface area contributed by atoms with E-state index in [0.29, 0.717) is 34.5 Å². The second-order valence-electron chi connectivity index (χ2n) is 10.6. The maximum atomic E-state index is 13.7. The normalized spacial score (nSPS) is 23.7. The van der Waals surface area contributed by atoms with Crippen molar-refractivity contribution in [1.29, 1.82) is 0 Å². The molecule has 0 aliphatic carbocycles. The summed E-state index contributed by atoms with van der Waals surface area (Å²) in [5, 5.41) is 5.57. The summed E-state index contributed by atoms with van der Waals surface area (Å²) in [5.74, 6) is 1.23. The fraction of sp³-hybridized carbons (Fsp3) is 0.556. The summed E-state index contributed by atoms with van der Waals surface area (Å²) >= 11 is 1.53. The number of nitrogens with zero attached hydrogens (tertiary/aromatic N) is 5. The Morgan fingerprint density at radius 3 is 2.69 bits per heavy atom. The van der Waals surface area contributed by atoms with Gasteiger partial charge in [0.15, 0.2) is 10.8 Å². The monoisotopic (exact) mass is 509 g/mol. The number of rotatable bonds is 7. The number of ether oxygens (including phenoxy) is 1. The Hall–Kier alpha value is -2.65. The Balaban J connectivity index is 1.43. The highest BCUT2D eigenvalue weighted by atomic mass is 32.2. The van der Waals surface area contributed by atoms with Crippen molar-refractivity contribution >= 4 is 28.7 Å². The standard InChI is InChI=1S/C27H35N5O3S/c1-6-19-15-35-27(5,12-11-17(2)3)31(19)23(33)13-21-16-36-26-29-24-22(25(34)30(21)26)14-28-32(24)20-9-7-18(4)8-10-20/h7-10,14,17,19,21H,6,11-13,15-16H2,1-5H3. The minimum atomic E-state index is -0.598. The maximum absolute atomic E-state index is 13.7. The molecule has 8 nitrogen and oxygen atoms in total. The summed E-state index contributed by atoms with van der Waals surface area (Å²) in [6.45, 7) is 11.1. The largest absolute Gasteiger partial charge is 0.354 e. The van der Waals surface area contributed by atoms with E-state index in [0.717, 1.165) is 30.5 Å². The highest BCUT2D eigenvalue weighted by Crippen LogP contribution is 2.38. The Bertz CT molecular complexity index is 1330. The van der Waals surface area contributed by atoms with Gasteiger partial charge in [0, 0.05) is 12.2 Å². The van der Waals surface area contributed by atoms with Gasteiger partial charge < -0.3 is 9.64 Å². The average Bonchev–Trinajstić information content (AvgIpc) is 3.54. The van der Waals surface area contributed by atoms with Gasteiger partial charge in [0.2, 0.25) is 5.91 Å². The van der Waals surface area contributed by atoms with Crippen LogP contribution in [-0.2, 0) is 9.53 Å². The van der Waals surface area contributed by atoms with Gasteiger partial charge in [-0.05, 0) is 51.2 Å². The van der Waals surface area contributed by atoms with E-state index in [4.69, 9.17) is 9.72 Å². The predicted octanol–water partition coefficient (Wildman–Crippen LogP) is 4.72. The van der Waals surface area contributed by atoms with E-state index in [9.17, 15) is 9.59 Å². The molecule has 9 heteroatoms. The van der Waals surface area contributed by atoms with Gasteiger partial charge >= 0.3 is 0 Å². The van der Waals surface area contributed by atoms with E-state index in [1.807, 2.05) is 43.0 Å². The van der Waals surface area contributed by atoms with E-state index in [2.05, 4.69) is 25.9 Å². The number of aryl methyl sites for hydroxylation is 1. The second-order valence-corrected chi connectivity index (χ2v) is 11.6. The first-order chi connectivity index (χ1) is 17.2. The molecule has 1 saturated heterocycles. The third-order valence-electron chi connectivity index (χ3n) is 7.45. The summed E-state index contributed by atoms with van der Waals surface area (Å²) in [6.07, 6.45) is 4.49. The SMILES string of the molecule is CCC1COC(C)(CCC(C)C)N1C(=O)CC1CSc2nc3c(cnn3-c3ccc(C)cc3)c(=O)n21. The van der Waals surface area contributed by atoms with Crippen molar-refractivity contribution < 1.29 is 9.53 Å². The Morgan fingerprint density at radius 2 is 2.00 bits per heavy atom. The Kier molecular flexibility index (Phi) is 6.72. The number of fused-ring (bicyclic) bond motifs is 2. The number of hydrogen-bond acceptors (Lipinski definition) is 6. The lowest BCUT2D eigenvalue weighted by molar-refractivity contribution is -0.151. The molecule has 5 rings (SSSR count). The van der Waals surface area contributed by atoms with Gasteiger partial charge in [-0.15, -0.1) is 0 Å². The number of aromatic nitrogens is 4. The molecule has 3 unspecified atom stereocenters. The maximum Gasteiger partial charge on any atom is 0.265 e. The molecule has 0 N–H and O–H groups in total. The van der Waals surface area contributed by atoms with Crippen LogP contribution in [0.25, 0.3) is 16.7 Å². The summed E-state index contributed by atoms with van der Waals surface area (Å²) in [4.78, 5) is 34.1. The molecule has 4 heterocycles.